The summed E-state index contributed by atoms with van der Waals surface area (Å²) in [6.45, 7) is 2.95. The van der Waals surface area contributed by atoms with E-state index < -0.39 is 0 Å². The molecule has 2 nitrogen and oxygen atoms in total. The van der Waals surface area contributed by atoms with Gasteiger partial charge in [0.2, 0.25) is 0 Å². The third-order valence-corrected chi connectivity index (χ3v) is 4.45. The zero-order valence-electron chi connectivity index (χ0n) is 9.48. The van der Waals surface area contributed by atoms with Gasteiger partial charge in [0.05, 0.1) is 6.61 Å². The molecule has 0 amide bonds. The van der Waals surface area contributed by atoms with Crippen LogP contribution < -0.4 is 5.32 Å². The highest BCUT2D eigenvalue weighted by Gasteiger charge is 2.11. The monoisotopic (exact) mass is 257 g/mol. The van der Waals surface area contributed by atoms with Gasteiger partial charge in [-0.1, -0.05) is 0 Å². The van der Waals surface area contributed by atoms with E-state index in [1.165, 1.54) is 24.2 Å². The molecule has 1 N–H and O–H groups in total. The lowest BCUT2D eigenvalue weighted by molar-refractivity contribution is 0.0712. The summed E-state index contributed by atoms with van der Waals surface area (Å²) in [4.78, 5) is 0. The van der Waals surface area contributed by atoms with Crippen LogP contribution in [0.4, 0.5) is 0 Å². The van der Waals surface area contributed by atoms with Crippen molar-refractivity contribution in [3.8, 4) is 0 Å². The second-order valence-electron chi connectivity index (χ2n) is 4.05. The minimum Gasteiger partial charge on any atom is -0.380 e. The smallest absolute Gasteiger partial charge is 0.0619 e. The summed E-state index contributed by atoms with van der Waals surface area (Å²) in [6, 6.07) is 2.80. The van der Waals surface area contributed by atoms with Gasteiger partial charge < -0.3 is 10.1 Å². The fraction of sp³-hybridized carbons (Fsp3) is 0.667. The third-order valence-electron chi connectivity index (χ3n) is 2.69. The number of rotatable bonds is 6. The molecule has 0 saturated carbocycles. The van der Waals surface area contributed by atoms with Crippen LogP contribution >= 0.6 is 23.1 Å². The van der Waals surface area contributed by atoms with Gasteiger partial charge in [-0.15, -0.1) is 0 Å². The molecule has 16 heavy (non-hydrogen) atoms. The summed E-state index contributed by atoms with van der Waals surface area (Å²) in [5.74, 6) is 2.33. The van der Waals surface area contributed by atoms with Crippen LogP contribution in [-0.4, -0.2) is 31.6 Å². The predicted molar refractivity (Wildman–Crippen MR) is 72.3 cm³/mol. The lowest BCUT2D eigenvalue weighted by Crippen LogP contribution is -2.37. The molecule has 1 aliphatic heterocycles. The molecule has 0 aliphatic carbocycles. The molecular weight excluding hydrogens is 238 g/mol. The van der Waals surface area contributed by atoms with E-state index in [0.717, 1.165) is 25.5 Å². The average Bonchev–Trinajstić information content (AvgIpc) is 2.83. The van der Waals surface area contributed by atoms with Gasteiger partial charge in [-0.2, -0.15) is 23.1 Å². The Hall–Kier alpha value is -0.0300. The number of thiophene rings is 1. The lowest BCUT2D eigenvalue weighted by atomic mass is 10.1. The highest BCUT2D eigenvalue weighted by Crippen LogP contribution is 2.14. The maximum Gasteiger partial charge on any atom is 0.0619 e. The highest BCUT2D eigenvalue weighted by molar-refractivity contribution is 7.98. The van der Waals surface area contributed by atoms with Crippen LogP contribution in [0.3, 0.4) is 0 Å². The lowest BCUT2D eigenvalue weighted by Gasteiger charge is -2.23. The van der Waals surface area contributed by atoms with Crippen molar-refractivity contribution in [2.45, 2.75) is 24.6 Å². The zero-order chi connectivity index (χ0) is 11.1. The van der Waals surface area contributed by atoms with Gasteiger partial charge in [0, 0.05) is 30.7 Å². The number of nitrogens with one attached hydrogen (secondary N) is 1. The van der Waals surface area contributed by atoms with E-state index in [4.69, 9.17) is 4.74 Å². The first-order valence-corrected chi connectivity index (χ1v) is 7.95. The Morgan fingerprint density at radius 2 is 2.56 bits per heavy atom. The van der Waals surface area contributed by atoms with E-state index in [-0.39, 0.29) is 0 Å². The van der Waals surface area contributed by atoms with Gasteiger partial charge >= 0.3 is 0 Å². The van der Waals surface area contributed by atoms with Crippen LogP contribution in [0.1, 0.15) is 18.4 Å². The van der Waals surface area contributed by atoms with E-state index in [0.29, 0.717) is 6.04 Å². The minimum atomic E-state index is 0.593. The van der Waals surface area contributed by atoms with Crippen molar-refractivity contribution < 1.29 is 4.74 Å². The molecule has 2 rings (SSSR count). The van der Waals surface area contributed by atoms with Gasteiger partial charge in [0.15, 0.2) is 0 Å². The van der Waals surface area contributed by atoms with Crippen LogP contribution in [-0.2, 0) is 10.5 Å². The summed E-state index contributed by atoms with van der Waals surface area (Å²) >= 11 is 3.78. The van der Waals surface area contributed by atoms with Gasteiger partial charge in [-0.05, 0) is 35.2 Å². The Morgan fingerprint density at radius 1 is 1.56 bits per heavy atom. The maximum atomic E-state index is 5.43. The van der Waals surface area contributed by atoms with Gasteiger partial charge in [0.25, 0.3) is 0 Å². The molecule has 1 aliphatic rings. The van der Waals surface area contributed by atoms with Crippen LogP contribution in [0.5, 0.6) is 0 Å². The van der Waals surface area contributed by atoms with Crippen molar-refractivity contribution >= 4 is 23.1 Å². The van der Waals surface area contributed by atoms with Crippen LogP contribution in [0.15, 0.2) is 16.8 Å². The van der Waals surface area contributed by atoms with Crippen molar-refractivity contribution in [1.82, 2.24) is 5.32 Å². The topological polar surface area (TPSA) is 21.3 Å². The molecule has 0 bridgehead atoms. The highest BCUT2D eigenvalue weighted by atomic mass is 32.2. The van der Waals surface area contributed by atoms with E-state index in [1.807, 2.05) is 11.8 Å². The van der Waals surface area contributed by atoms with Crippen LogP contribution in [0.25, 0.3) is 0 Å². The van der Waals surface area contributed by atoms with Crippen molar-refractivity contribution in [2.75, 3.05) is 25.5 Å². The molecule has 1 saturated heterocycles. The van der Waals surface area contributed by atoms with E-state index in [2.05, 4.69) is 22.1 Å². The second kappa shape index (κ2) is 7.33. The Bertz CT molecular complexity index is 271. The first-order chi connectivity index (χ1) is 7.95. The number of thioether (sulfide) groups is 1. The molecule has 90 valence electrons. The largest absolute Gasteiger partial charge is 0.380 e. The Morgan fingerprint density at radius 3 is 3.31 bits per heavy atom. The average molecular weight is 257 g/mol. The fourth-order valence-corrected chi connectivity index (χ4v) is 3.40. The fourth-order valence-electron chi connectivity index (χ4n) is 1.80. The van der Waals surface area contributed by atoms with E-state index >= 15 is 0 Å². The van der Waals surface area contributed by atoms with Crippen LogP contribution in [0.2, 0.25) is 0 Å². The van der Waals surface area contributed by atoms with Crippen molar-refractivity contribution in [3.63, 3.8) is 0 Å². The van der Waals surface area contributed by atoms with E-state index in [1.54, 1.807) is 11.3 Å². The quantitative estimate of drug-likeness (QED) is 0.792. The summed E-state index contributed by atoms with van der Waals surface area (Å²) < 4.78 is 5.43. The molecule has 1 aromatic rings. The van der Waals surface area contributed by atoms with Gasteiger partial charge in [-0.3, -0.25) is 0 Å². The third kappa shape index (κ3) is 4.45. The second-order valence-corrected chi connectivity index (χ2v) is 5.94. The maximum absolute atomic E-state index is 5.43. The van der Waals surface area contributed by atoms with Crippen molar-refractivity contribution in [2.24, 2.45) is 0 Å². The molecule has 1 aromatic heterocycles. The molecule has 1 atom stereocenters. The number of hydrogen-bond donors (Lipinski definition) is 1. The molecule has 2 heterocycles. The summed E-state index contributed by atoms with van der Waals surface area (Å²) in [6.07, 6.45) is 2.48. The Kier molecular flexibility index (Phi) is 5.69. The molecule has 0 spiro atoms. The zero-order valence-corrected chi connectivity index (χ0v) is 11.1. The first-order valence-electron chi connectivity index (χ1n) is 5.85. The van der Waals surface area contributed by atoms with Crippen molar-refractivity contribution in [3.05, 3.63) is 22.4 Å². The predicted octanol–water partition coefficient (Wildman–Crippen LogP) is 2.75. The minimum absolute atomic E-state index is 0.593. The number of hydrogen-bond acceptors (Lipinski definition) is 4. The van der Waals surface area contributed by atoms with Crippen LogP contribution in [0, 0.1) is 0 Å². The molecule has 1 fully saturated rings. The first kappa shape index (κ1) is 12.4. The Balaban J connectivity index is 1.48. The SMILES string of the molecule is c1cc(CSCCNC2CCCOC2)cs1. The standard InChI is InChI=1S/C12H19NOS2/c1-2-12(8-14-5-1)13-4-7-16-10-11-3-6-15-9-11/h3,6,9,12-13H,1-2,4-5,7-8,10H2. The summed E-state index contributed by atoms with van der Waals surface area (Å²) in [5, 5.41) is 7.94. The number of ether oxygens (including phenoxy) is 1. The summed E-state index contributed by atoms with van der Waals surface area (Å²) in [5.41, 5.74) is 1.45. The van der Waals surface area contributed by atoms with Gasteiger partial charge in [-0.25, -0.2) is 0 Å². The van der Waals surface area contributed by atoms with Crippen molar-refractivity contribution in [1.29, 1.82) is 0 Å². The Labute approximate surface area is 106 Å². The molecular formula is C12H19NOS2. The molecule has 1 unspecified atom stereocenters. The molecule has 4 heteroatoms. The normalized spacial score (nSPS) is 21.1. The summed E-state index contributed by atoms with van der Waals surface area (Å²) in [7, 11) is 0. The van der Waals surface area contributed by atoms with Gasteiger partial charge in [0.1, 0.15) is 0 Å². The van der Waals surface area contributed by atoms with E-state index in [9.17, 15) is 0 Å². The molecule has 0 aromatic carbocycles. The molecule has 0 radical (unpaired) electrons.